The van der Waals surface area contributed by atoms with Gasteiger partial charge in [-0.05, 0) is 29.2 Å². The first-order chi connectivity index (χ1) is 11.5. The molecule has 0 aliphatic carbocycles. The van der Waals surface area contributed by atoms with Crippen LogP contribution in [-0.4, -0.2) is 11.8 Å². The molecule has 2 aromatic carbocycles. The summed E-state index contributed by atoms with van der Waals surface area (Å²) < 4.78 is 0. The first-order valence-electron chi connectivity index (χ1n) is 8.17. The van der Waals surface area contributed by atoms with E-state index in [1.54, 1.807) is 0 Å². The molecule has 0 saturated heterocycles. The van der Waals surface area contributed by atoms with Crippen LogP contribution in [0.5, 0.6) is 0 Å². The number of carbonyl (C=O) groups is 2. The van der Waals surface area contributed by atoms with E-state index in [-0.39, 0.29) is 24.3 Å². The van der Waals surface area contributed by atoms with Crippen LogP contribution in [0.25, 0.3) is 0 Å². The summed E-state index contributed by atoms with van der Waals surface area (Å²) in [6, 6.07) is 17.0. The molecule has 0 spiro atoms. The highest BCUT2D eigenvalue weighted by Gasteiger charge is 2.17. The first-order valence-corrected chi connectivity index (χ1v) is 8.17. The monoisotopic (exact) mass is 324 g/mol. The number of benzene rings is 2. The van der Waals surface area contributed by atoms with Gasteiger partial charge >= 0.3 is 0 Å². The zero-order valence-corrected chi connectivity index (χ0v) is 14.4. The quantitative estimate of drug-likeness (QED) is 0.843. The lowest BCUT2D eigenvalue weighted by atomic mass is 10.0. The third-order valence-electron chi connectivity index (χ3n) is 3.81. The summed E-state index contributed by atoms with van der Waals surface area (Å²) in [6.45, 7) is 5.69. The second kappa shape index (κ2) is 8.29. The van der Waals surface area contributed by atoms with Crippen LogP contribution in [-0.2, 0) is 9.59 Å². The fraction of sp³-hybridized carbons (Fsp3) is 0.300. The largest absolute Gasteiger partial charge is 0.349 e. The van der Waals surface area contributed by atoms with Crippen LogP contribution in [0.2, 0.25) is 0 Å². The van der Waals surface area contributed by atoms with Gasteiger partial charge in [0, 0.05) is 12.6 Å². The molecule has 126 valence electrons. The highest BCUT2D eigenvalue weighted by molar-refractivity contribution is 5.91. The maximum Gasteiger partial charge on any atom is 0.226 e. The smallest absolute Gasteiger partial charge is 0.226 e. The van der Waals surface area contributed by atoms with Crippen molar-refractivity contribution in [2.75, 3.05) is 5.32 Å². The van der Waals surface area contributed by atoms with Crippen molar-refractivity contribution in [3.05, 3.63) is 65.7 Å². The SMILES string of the molecule is CC(=O)N[C@H](CC(=O)Nc1cccc(C(C)C)c1)c1ccccc1. The van der Waals surface area contributed by atoms with Crippen molar-refractivity contribution in [1.82, 2.24) is 5.32 Å². The fourth-order valence-electron chi connectivity index (χ4n) is 2.56. The normalized spacial score (nSPS) is 11.8. The van der Waals surface area contributed by atoms with Gasteiger partial charge < -0.3 is 10.6 Å². The summed E-state index contributed by atoms with van der Waals surface area (Å²) >= 11 is 0. The molecular weight excluding hydrogens is 300 g/mol. The molecule has 2 N–H and O–H groups in total. The topological polar surface area (TPSA) is 58.2 Å². The Kier molecular flexibility index (Phi) is 6.13. The molecule has 0 unspecified atom stereocenters. The second-order valence-corrected chi connectivity index (χ2v) is 6.20. The molecular formula is C20H24N2O2. The molecule has 4 nitrogen and oxygen atoms in total. The van der Waals surface area contributed by atoms with Gasteiger partial charge in [0.25, 0.3) is 0 Å². The van der Waals surface area contributed by atoms with Crippen LogP contribution in [0.15, 0.2) is 54.6 Å². The molecule has 2 aromatic rings. The van der Waals surface area contributed by atoms with E-state index in [9.17, 15) is 9.59 Å². The Morgan fingerprint density at radius 2 is 1.62 bits per heavy atom. The molecule has 2 amide bonds. The van der Waals surface area contributed by atoms with E-state index in [2.05, 4.69) is 24.5 Å². The first kappa shape index (κ1) is 17.7. The molecule has 0 aliphatic rings. The van der Waals surface area contributed by atoms with Crippen molar-refractivity contribution < 1.29 is 9.59 Å². The minimum Gasteiger partial charge on any atom is -0.349 e. The van der Waals surface area contributed by atoms with Gasteiger partial charge in [-0.1, -0.05) is 56.3 Å². The molecule has 0 bridgehead atoms. The molecule has 24 heavy (non-hydrogen) atoms. The van der Waals surface area contributed by atoms with E-state index in [0.29, 0.717) is 5.92 Å². The van der Waals surface area contributed by atoms with Crippen molar-refractivity contribution in [2.45, 2.75) is 39.2 Å². The van der Waals surface area contributed by atoms with Gasteiger partial charge in [-0.3, -0.25) is 9.59 Å². The van der Waals surface area contributed by atoms with Gasteiger partial charge in [0.05, 0.1) is 12.5 Å². The standard InChI is InChI=1S/C20H24N2O2/c1-14(2)17-10-7-11-18(12-17)22-20(24)13-19(21-15(3)23)16-8-5-4-6-9-16/h4-12,14,19H,13H2,1-3H3,(H,21,23)(H,22,24)/t19-/m1/s1. The maximum atomic E-state index is 12.4. The second-order valence-electron chi connectivity index (χ2n) is 6.20. The van der Waals surface area contributed by atoms with E-state index in [4.69, 9.17) is 0 Å². The zero-order chi connectivity index (χ0) is 17.5. The third kappa shape index (κ3) is 5.23. The summed E-state index contributed by atoms with van der Waals surface area (Å²) in [5.41, 5.74) is 2.87. The van der Waals surface area contributed by atoms with Crippen molar-refractivity contribution in [3.63, 3.8) is 0 Å². The van der Waals surface area contributed by atoms with Gasteiger partial charge in [0.1, 0.15) is 0 Å². The van der Waals surface area contributed by atoms with Crippen molar-refractivity contribution in [3.8, 4) is 0 Å². The lowest BCUT2D eigenvalue weighted by molar-refractivity contribution is -0.120. The van der Waals surface area contributed by atoms with Gasteiger partial charge in [0.15, 0.2) is 0 Å². The molecule has 0 saturated carbocycles. The Morgan fingerprint density at radius 1 is 0.958 bits per heavy atom. The van der Waals surface area contributed by atoms with E-state index in [1.807, 2.05) is 54.6 Å². The highest BCUT2D eigenvalue weighted by atomic mass is 16.2. The molecule has 1 atom stereocenters. The average Bonchev–Trinajstić information content (AvgIpc) is 2.55. The van der Waals surface area contributed by atoms with Crippen molar-refractivity contribution in [2.24, 2.45) is 0 Å². The minimum absolute atomic E-state index is 0.126. The summed E-state index contributed by atoms with van der Waals surface area (Å²) in [5, 5.41) is 5.76. The van der Waals surface area contributed by atoms with Crippen LogP contribution < -0.4 is 10.6 Å². The summed E-state index contributed by atoms with van der Waals surface area (Å²) in [4.78, 5) is 23.8. The van der Waals surface area contributed by atoms with Crippen molar-refractivity contribution in [1.29, 1.82) is 0 Å². The van der Waals surface area contributed by atoms with Crippen LogP contribution in [0.3, 0.4) is 0 Å². The highest BCUT2D eigenvalue weighted by Crippen LogP contribution is 2.21. The number of carbonyl (C=O) groups excluding carboxylic acids is 2. The van der Waals surface area contributed by atoms with E-state index in [1.165, 1.54) is 12.5 Å². The fourth-order valence-corrected chi connectivity index (χ4v) is 2.56. The van der Waals surface area contributed by atoms with Gasteiger partial charge in [-0.15, -0.1) is 0 Å². The molecule has 0 aliphatic heterocycles. The Morgan fingerprint density at radius 3 is 2.25 bits per heavy atom. The van der Waals surface area contributed by atoms with E-state index < -0.39 is 0 Å². The maximum absolute atomic E-state index is 12.4. The molecule has 4 heteroatoms. The number of rotatable bonds is 6. The van der Waals surface area contributed by atoms with Crippen LogP contribution >= 0.6 is 0 Å². The number of amides is 2. The molecule has 0 aromatic heterocycles. The van der Waals surface area contributed by atoms with Crippen molar-refractivity contribution >= 4 is 17.5 Å². The summed E-state index contributed by atoms with van der Waals surface area (Å²) in [6.07, 6.45) is 0.190. The molecule has 2 rings (SSSR count). The number of anilines is 1. The minimum atomic E-state index is -0.336. The number of hydrogen-bond donors (Lipinski definition) is 2. The lowest BCUT2D eigenvalue weighted by Gasteiger charge is -2.18. The Labute approximate surface area is 143 Å². The average molecular weight is 324 g/mol. The van der Waals surface area contributed by atoms with Crippen LogP contribution in [0, 0.1) is 0 Å². The summed E-state index contributed by atoms with van der Waals surface area (Å²) in [7, 11) is 0. The van der Waals surface area contributed by atoms with Gasteiger partial charge in [0.2, 0.25) is 11.8 Å². The summed E-state index contributed by atoms with van der Waals surface area (Å²) in [5.74, 6) is 0.121. The Balaban J connectivity index is 2.08. The van der Waals surface area contributed by atoms with Gasteiger partial charge in [-0.25, -0.2) is 0 Å². The van der Waals surface area contributed by atoms with Crippen LogP contribution in [0.1, 0.15) is 50.3 Å². The van der Waals surface area contributed by atoms with Gasteiger partial charge in [-0.2, -0.15) is 0 Å². The van der Waals surface area contributed by atoms with Crippen LogP contribution in [0.4, 0.5) is 5.69 Å². The Hall–Kier alpha value is -2.62. The molecule has 0 fully saturated rings. The lowest BCUT2D eigenvalue weighted by Crippen LogP contribution is -2.29. The predicted octanol–water partition coefficient (Wildman–Crippen LogP) is 4.02. The number of nitrogens with one attached hydrogen (secondary N) is 2. The van der Waals surface area contributed by atoms with E-state index in [0.717, 1.165) is 11.3 Å². The predicted molar refractivity (Wildman–Crippen MR) is 96.8 cm³/mol. The Bertz CT molecular complexity index is 696. The molecule has 0 heterocycles. The zero-order valence-electron chi connectivity index (χ0n) is 14.4. The molecule has 0 radical (unpaired) electrons. The van der Waals surface area contributed by atoms with E-state index >= 15 is 0 Å². The third-order valence-corrected chi connectivity index (χ3v) is 3.81. The number of hydrogen-bond acceptors (Lipinski definition) is 2.